The predicted molar refractivity (Wildman–Crippen MR) is 205 cm³/mol. The minimum absolute atomic E-state index is 0.651. The molecule has 9 rings (SSSR count). The van der Waals surface area contributed by atoms with Crippen LogP contribution < -0.4 is 0 Å². The third-order valence-electron chi connectivity index (χ3n) is 9.16. The van der Waals surface area contributed by atoms with Crippen LogP contribution in [0.25, 0.3) is 89.1 Å². The maximum atomic E-state index is 5.28. The lowest BCUT2D eigenvalue weighted by Crippen LogP contribution is -1.97. The van der Waals surface area contributed by atoms with Gasteiger partial charge in [0.2, 0.25) is 0 Å². The lowest BCUT2D eigenvalue weighted by molar-refractivity contribution is 1.23. The van der Waals surface area contributed by atoms with Crippen molar-refractivity contribution in [3.05, 3.63) is 182 Å². The number of hydrogen-bond donors (Lipinski definition) is 0. The first-order chi connectivity index (χ1) is 24.8. The van der Waals surface area contributed by atoms with E-state index in [1.54, 1.807) is 0 Å². The van der Waals surface area contributed by atoms with E-state index in [2.05, 4.69) is 127 Å². The molecule has 3 heterocycles. The third-order valence-corrected chi connectivity index (χ3v) is 9.16. The Labute approximate surface area is 290 Å². The van der Waals surface area contributed by atoms with E-state index in [9.17, 15) is 0 Å². The van der Waals surface area contributed by atoms with E-state index in [0.717, 1.165) is 83.3 Å². The average molecular weight is 639 g/mol. The van der Waals surface area contributed by atoms with Gasteiger partial charge in [-0.3, -0.25) is 9.97 Å². The summed E-state index contributed by atoms with van der Waals surface area (Å²) in [5, 5.41) is 3.26. The molecule has 0 saturated carbocycles. The minimum atomic E-state index is 0.651. The van der Waals surface area contributed by atoms with Crippen LogP contribution >= 0.6 is 0 Å². The molecule has 0 aliphatic rings. The Morgan fingerprint density at radius 3 is 1.40 bits per heavy atom. The molecule has 0 unspecified atom stereocenters. The Balaban J connectivity index is 1.24. The first kappa shape index (κ1) is 29.4. The van der Waals surface area contributed by atoms with Gasteiger partial charge in [0.05, 0.1) is 22.6 Å². The molecule has 6 aromatic carbocycles. The molecule has 4 heteroatoms. The first-order valence-electron chi connectivity index (χ1n) is 16.7. The zero-order valence-electron chi connectivity index (χ0n) is 27.1. The summed E-state index contributed by atoms with van der Waals surface area (Å²) in [5.41, 5.74) is 11.8. The highest BCUT2D eigenvalue weighted by molar-refractivity contribution is 6.09. The van der Waals surface area contributed by atoms with E-state index in [4.69, 9.17) is 19.9 Å². The van der Waals surface area contributed by atoms with Crippen molar-refractivity contribution in [3.63, 3.8) is 0 Å². The van der Waals surface area contributed by atoms with E-state index in [1.165, 1.54) is 0 Å². The molecule has 0 spiro atoms. The van der Waals surface area contributed by atoms with Crippen molar-refractivity contribution in [2.45, 2.75) is 0 Å². The fraction of sp³-hybridized carbons (Fsp3) is 0. The van der Waals surface area contributed by atoms with Crippen molar-refractivity contribution in [1.29, 1.82) is 0 Å². The van der Waals surface area contributed by atoms with Crippen LogP contribution in [0.2, 0.25) is 0 Å². The molecular weight excluding hydrogens is 609 g/mol. The second kappa shape index (κ2) is 12.7. The molecule has 0 atom stereocenters. The van der Waals surface area contributed by atoms with Crippen molar-refractivity contribution in [2.75, 3.05) is 0 Å². The van der Waals surface area contributed by atoms with Gasteiger partial charge in [-0.15, -0.1) is 0 Å². The Bertz CT molecular complexity index is 2500. The molecule has 50 heavy (non-hydrogen) atoms. The van der Waals surface area contributed by atoms with Gasteiger partial charge in [0.15, 0.2) is 5.82 Å². The Hall–Kier alpha value is -6.78. The molecule has 0 N–H and O–H groups in total. The van der Waals surface area contributed by atoms with Gasteiger partial charge in [-0.25, -0.2) is 9.97 Å². The van der Waals surface area contributed by atoms with E-state index in [0.29, 0.717) is 5.82 Å². The van der Waals surface area contributed by atoms with Crippen molar-refractivity contribution in [1.82, 2.24) is 19.9 Å². The zero-order chi connectivity index (χ0) is 33.3. The van der Waals surface area contributed by atoms with Crippen LogP contribution in [0.1, 0.15) is 0 Å². The largest absolute Gasteiger partial charge is 0.256 e. The van der Waals surface area contributed by atoms with Crippen molar-refractivity contribution < 1.29 is 0 Å². The number of fused-ring (bicyclic) bond motifs is 3. The van der Waals surface area contributed by atoms with Gasteiger partial charge in [0.25, 0.3) is 0 Å². The van der Waals surface area contributed by atoms with Gasteiger partial charge < -0.3 is 0 Å². The van der Waals surface area contributed by atoms with E-state index in [1.807, 2.05) is 54.9 Å². The van der Waals surface area contributed by atoms with Crippen LogP contribution in [0.15, 0.2) is 182 Å². The van der Waals surface area contributed by atoms with Crippen molar-refractivity contribution >= 4 is 21.7 Å². The summed E-state index contributed by atoms with van der Waals surface area (Å²) in [7, 11) is 0. The molecule has 9 aromatic rings. The summed E-state index contributed by atoms with van der Waals surface area (Å²) in [5.74, 6) is 0.651. The molecule has 0 bridgehead atoms. The topological polar surface area (TPSA) is 51.6 Å². The van der Waals surface area contributed by atoms with Crippen LogP contribution in [0.3, 0.4) is 0 Å². The highest BCUT2D eigenvalue weighted by Crippen LogP contribution is 2.36. The number of pyridine rings is 2. The smallest absolute Gasteiger partial charge is 0.160 e. The van der Waals surface area contributed by atoms with Crippen LogP contribution in [0, 0.1) is 0 Å². The summed E-state index contributed by atoms with van der Waals surface area (Å²) in [6.45, 7) is 0. The minimum Gasteiger partial charge on any atom is -0.256 e. The van der Waals surface area contributed by atoms with Crippen molar-refractivity contribution in [2.24, 2.45) is 0 Å². The van der Waals surface area contributed by atoms with Crippen LogP contribution in [0.4, 0.5) is 0 Å². The lowest BCUT2D eigenvalue weighted by atomic mass is 9.98. The number of nitrogens with zero attached hydrogens (tertiary/aromatic N) is 4. The first-order valence-corrected chi connectivity index (χ1v) is 16.7. The monoisotopic (exact) mass is 638 g/mol. The van der Waals surface area contributed by atoms with Gasteiger partial charge in [-0.05, 0) is 52.9 Å². The lowest BCUT2D eigenvalue weighted by Gasteiger charge is -2.14. The summed E-state index contributed by atoms with van der Waals surface area (Å²) in [4.78, 5) is 20.4. The Kier molecular flexibility index (Phi) is 7.45. The number of hydrogen-bond acceptors (Lipinski definition) is 4. The fourth-order valence-corrected chi connectivity index (χ4v) is 6.59. The van der Waals surface area contributed by atoms with Gasteiger partial charge in [-0.1, -0.05) is 133 Å². The maximum Gasteiger partial charge on any atom is 0.160 e. The number of aromatic nitrogens is 4. The zero-order valence-corrected chi connectivity index (χ0v) is 27.1. The SMILES string of the molecule is c1ccc(-c2ccc(-c3cc(-c4ccc(-c5ccccc5)cn4)cc(-c4nc(-c5ccccc5)c5ccc6ccccc6c5n4)c3)nc2)cc1. The van der Waals surface area contributed by atoms with Gasteiger partial charge in [0.1, 0.15) is 0 Å². The number of rotatable bonds is 6. The highest BCUT2D eigenvalue weighted by Gasteiger charge is 2.16. The standard InChI is InChI=1S/C46H30N4/c1-4-12-31(13-5-1)35-21-24-42(47-29-35)37-26-38(43-25-22-36(30-48-43)32-14-6-2-7-15-32)28-39(27-37)46-49-44(34-17-8-3-9-18-34)41-23-20-33-16-10-11-19-40(33)45(41)50-46/h1-30H. The van der Waals surface area contributed by atoms with Crippen LogP contribution in [-0.2, 0) is 0 Å². The molecule has 0 saturated heterocycles. The second-order valence-electron chi connectivity index (χ2n) is 12.3. The molecule has 0 fully saturated rings. The third kappa shape index (κ3) is 5.59. The van der Waals surface area contributed by atoms with E-state index in [-0.39, 0.29) is 0 Å². The second-order valence-corrected chi connectivity index (χ2v) is 12.3. The number of benzene rings is 6. The van der Waals surface area contributed by atoms with Crippen LogP contribution in [0.5, 0.6) is 0 Å². The molecule has 234 valence electrons. The van der Waals surface area contributed by atoms with Crippen LogP contribution in [-0.4, -0.2) is 19.9 Å². The van der Waals surface area contributed by atoms with Gasteiger partial charge in [0, 0.05) is 56.5 Å². The molecule has 0 radical (unpaired) electrons. The van der Waals surface area contributed by atoms with Gasteiger partial charge in [-0.2, -0.15) is 0 Å². The molecule has 0 aliphatic carbocycles. The summed E-state index contributed by atoms with van der Waals surface area (Å²) >= 11 is 0. The Morgan fingerprint density at radius 2 is 0.840 bits per heavy atom. The molecular formula is C46H30N4. The molecule has 0 amide bonds. The summed E-state index contributed by atoms with van der Waals surface area (Å²) in [6, 6.07) is 58.6. The van der Waals surface area contributed by atoms with Crippen molar-refractivity contribution in [3.8, 4) is 67.4 Å². The molecule has 4 nitrogen and oxygen atoms in total. The maximum absolute atomic E-state index is 5.28. The molecule has 0 aliphatic heterocycles. The van der Waals surface area contributed by atoms with E-state index < -0.39 is 0 Å². The normalized spacial score (nSPS) is 11.2. The summed E-state index contributed by atoms with van der Waals surface area (Å²) in [6.07, 6.45) is 3.88. The quantitative estimate of drug-likeness (QED) is 0.170. The average Bonchev–Trinajstić information content (AvgIpc) is 3.21. The van der Waals surface area contributed by atoms with Gasteiger partial charge >= 0.3 is 0 Å². The predicted octanol–water partition coefficient (Wildman–Crippen LogP) is 11.6. The highest BCUT2D eigenvalue weighted by atomic mass is 14.9. The molecule has 3 aromatic heterocycles. The Morgan fingerprint density at radius 1 is 0.320 bits per heavy atom. The fourth-order valence-electron chi connectivity index (χ4n) is 6.59. The summed E-state index contributed by atoms with van der Waals surface area (Å²) < 4.78 is 0. The van der Waals surface area contributed by atoms with E-state index >= 15 is 0 Å².